The van der Waals surface area contributed by atoms with Crippen LogP contribution in [-0.4, -0.2) is 68.6 Å². The van der Waals surface area contributed by atoms with Crippen molar-refractivity contribution in [2.24, 2.45) is 0 Å². The molecule has 0 unspecified atom stereocenters. The molecule has 2 aromatic heterocycles. The molecule has 1 aromatic carbocycles. The van der Waals surface area contributed by atoms with Crippen molar-refractivity contribution in [3.8, 4) is 17.0 Å². The quantitative estimate of drug-likeness (QED) is 0.617. The maximum Gasteiger partial charge on any atom is 0.249 e. The van der Waals surface area contributed by atoms with E-state index in [-0.39, 0.29) is 33.7 Å². The summed E-state index contributed by atoms with van der Waals surface area (Å²) < 4.78 is 27.6. The molecular weight excluding hydrogens is 419 g/mol. The molecule has 1 atom stereocenters. The van der Waals surface area contributed by atoms with E-state index in [9.17, 15) is 4.79 Å². The first-order chi connectivity index (χ1) is 14.6. The number of nitrogens with one attached hydrogen (secondary N) is 1. The second-order valence-electron chi connectivity index (χ2n) is 7.37. The third kappa shape index (κ3) is 4.57. The third-order valence-electron chi connectivity index (χ3n) is 4.72. The number of nitrogens with zero attached hydrogens (tertiary/aromatic N) is 3. The van der Waals surface area contributed by atoms with Crippen molar-refractivity contribution in [3.63, 3.8) is 0 Å². The first-order valence-electron chi connectivity index (χ1n) is 9.40. The van der Waals surface area contributed by atoms with E-state index in [1.54, 1.807) is 0 Å². The van der Waals surface area contributed by atoms with Gasteiger partial charge in [-0.25, -0.2) is 8.91 Å². The molecule has 4 rings (SSSR count). The molecule has 152 valence electrons. The van der Waals surface area contributed by atoms with E-state index in [2.05, 4.69) is 15.4 Å². The van der Waals surface area contributed by atoms with Crippen molar-refractivity contribution in [1.29, 1.82) is 0 Å². The van der Waals surface area contributed by atoms with E-state index in [4.69, 9.17) is 44.6 Å². The molecule has 0 aliphatic carbocycles. The van der Waals surface area contributed by atoms with Crippen molar-refractivity contribution < 1.29 is 18.7 Å². The van der Waals surface area contributed by atoms with Gasteiger partial charge in [-0.1, -0.05) is 16.8 Å². The van der Waals surface area contributed by atoms with Crippen LogP contribution in [0.5, 0.6) is 5.88 Å². The SMILES string of the molecule is [B]C([B])([B])NC(=O)c1cc(C)c(F)c(-c2cnn3cc(Cl)c(O[C@H]4CCOC4)nc23)c1. The van der Waals surface area contributed by atoms with Crippen LogP contribution in [0.2, 0.25) is 5.02 Å². The number of amides is 1. The summed E-state index contributed by atoms with van der Waals surface area (Å²) in [6, 6.07) is 2.71. The summed E-state index contributed by atoms with van der Waals surface area (Å²) in [5, 5.41) is 4.77. The summed E-state index contributed by atoms with van der Waals surface area (Å²) in [7, 11) is 16.3. The molecule has 31 heavy (non-hydrogen) atoms. The van der Waals surface area contributed by atoms with E-state index < -0.39 is 17.0 Å². The summed E-state index contributed by atoms with van der Waals surface area (Å²) in [6.07, 6.45) is 3.49. The summed E-state index contributed by atoms with van der Waals surface area (Å²) in [5.41, 5.74) is 1.11. The Bertz CT molecular complexity index is 1160. The Hall–Kier alpha value is -2.52. The van der Waals surface area contributed by atoms with Crippen molar-refractivity contribution in [3.05, 3.63) is 46.5 Å². The fourth-order valence-electron chi connectivity index (χ4n) is 3.28. The van der Waals surface area contributed by atoms with Crippen LogP contribution in [0.4, 0.5) is 4.39 Å². The highest BCUT2D eigenvalue weighted by Gasteiger charge is 2.23. The van der Waals surface area contributed by atoms with Gasteiger partial charge >= 0.3 is 0 Å². The molecule has 3 aromatic rings. The van der Waals surface area contributed by atoms with Crippen LogP contribution in [0.25, 0.3) is 16.8 Å². The number of aromatic nitrogens is 3. The van der Waals surface area contributed by atoms with Crippen LogP contribution in [0.15, 0.2) is 24.5 Å². The lowest BCUT2D eigenvalue weighted by molar-refractivity contribution is 0.0952. The number of fused-ring (bicyclic) bond motifs is 1. The summed E-state index contributed by atoms with van der Waals surface area (Å²) >= 11 is 6.27. The van der Waals surface area contributed by atoms with Crippen LogP contribution in [-0.2, 0) is 4.74 Å². The van der Waals surface area contributed by atoms with Crippen LogP contribution in [0.3, 0.4) is 0 Å². The normalized spacial score (nSPS) is 16.5. The number of carbonyl (C=O) groups excluding carboxylic acids is 1. The smallest absolute Gasteiger partial charge is 0.249 e. The number of ether oxygens (including phenoxy) is 2. The molecule has 7 nitrogen and oxygen atoms in total. The van der Waals surface area contributed by atoms with Crippen LogP contribution >= 0.6 is 11.6 Å². The molecule has 0 saturated carbocycles. The lowest BCUT2D eigenvalue weighted by Gasteiger charge is -2.22. The van der Waals surface area contributed by atoms with Crippen molar-refractivity contribution in [2.75, 3.05) is 13.2 Å². The molecular formula is C19H15B3ClFN4O3. The zero-order chi connectivity index (χ0) is 22.3. The largest absolute Gasteiger partial charge is 0.471 e. The second-order valence-corrected chi connectivity index (χ2v) is 7.77. The Morgan fingerprint density at radius 1 is 1.39 bits per heavy atom. The summed E-state index contributed by atoms with van der Waals surface area (Å²) in [6.45, 7) is 2.56. The minimum Gasteiger partial charge on any atom is -0.471 e. The molecule has 1 aliphatic heterocycles. The summed E-state index contributed by atoms with van der Waals surface area (Å²) in [5.74, 6) is -0.999. The first kappa shape index (κ1) is 21.7. The minimum atomic E-state index is -1.92. The lowest BCUT2D eigenvalue weighted by Crippen LogP contribution is -2.50. The molecule has 1 saturated heterocycles. The fourth-order valence-corrected chi connectivity index (χ4v) is 3.45. The van der Waals surface area contributed by atoms with E-state index in [1.807, 2.05) is 0 Å². The van der Waals surface area contributed by atoms with Gasteiger partial charge in [-0.15, -0.1) is 0 Å². The van der Waals surface area contributed by atoms with Gasteiger partial charge in [-0.3, -0.25) is 4.79 Å². The molecule has 1 amide bonds. The second kappa shape index (κ2) is 8.20. The lowest BCUT2D eigenvalue weighted by atomic mass is 9.49. The van der Waals surface area contributed by atoms with E-state index in [1.165, 1.54) is 36.0 Å². The van der Waals surface area contributed by atoms with E-state index in [0.717, 1.165) is 0 Å². The number of hydrogen-bond donors (Lipinski definition) is 1. The molecule has 0 bridgehead atoms. The van der Waals surface area contributed by atoms with Crippen LogP contribution in [0.1, 0.15) is 22.3 Å². The highest BCUT2D eigenvalue weighted by Crippen LogP contribution is 2.32. The first-order valence-corrected chi connectivity index (χ1v) is 9.78. The van der Waals surface area contributed by atoms with Gasteiger partial charge in [0.2, 0.25) is 11.8 Å². The Balaban J connectivity index is 1.78. The maximum absolute atomic E-state index is 15.0. The van der Waals surface area contributed by atoms with Gasteiger partial charge in [0.1, 0.15) is 16.9 Å². The van der Waals surface area contributed by atoms with Gasteiger partial charge in [0, 0.05) is 23.1 Å². The average molecular weight is 434 g/mol. The van der Waals surface area contributed by atoms with Gasteiger partial charge in [-0.05, 0) is 24.6 Å². The Morgan fingerprint density at radius 2 is 2.16 bits per heavy atom. The number of hydrogen-bond acceptors (Lipinski definition) is 5. The highest BCUT2D eigenvalue weighted by atomic mass is 35.5. The molecule has 3 heterocycles. The summed E-state index contributed by atoms with van der Waals surface area (Å²) in [4.78, 5) is 16.9. The van der Waals surface area contributed by atoms with E-state index >= 15 is 4.39 Å². The third-order valence-corrected chi connectivity index (χ3v) is 4.98. The molecule has 6 radical (unpaired) electrons. The van der Waals surface area contributed by atoms with Gasteiger partial charge < -0.3 is 14.8 Å². The number of halogens is 2. The van der Waals surface area contributed by atoms with Crippen molar-refractivity contribution in [2.45, 2.75) is 24.7 Å². The standard InChI is InChI=1S/C19H15B3ClFN4O3/c1-9-4-10(17(29)27-19(20,21)22)5-12(15(9)24)13-6-25-28-7-14(23)18(26-16(13)28)31-11-2-3-30-8-11/h4-7,11H,2-3,8H2,1H3,(H,27,29)/t11-/m0/s1. The van der Waals surface area contributed by atoms with Gasteiger partial charge in [0.25, 0.3) is 0 Å². The highest BCUT2D eigenvalue weighted by molar-refractivity contribution is 6.60. The number of rotatable bonds is 5. The van der Waals surface area contributed by atoms with E-state index in [0.29, 0.717) is 30.8 Å². The van der Waals surface area contributed by atoms with Crippen LogP contribution in [0, 0.1) is 12.7 Å². The average Bonchev–Trinajstić information content (AvgIpc) is 3.32. The Kier molecular flexibility index (Phi) is 5.74. The van der Waals surface area contributed by atoms with Crippen molar-refractivity contribution >= 4 is 46.7 Å². The molecule has 1 aliphatic rings. The van der Waals surface area contributed by atoms with Gasteiger partial charge in [0.15, 0.2) is 5.65 Å². The number of carbonyl (C=O) groups is 1. The van der Waals surface area contributed by atoms with Crippen molar-refractivity contribution in [1.82, 2.24) is 19.9 Å². The number of benzene rings is 1. The maximum atomic E-state index is 15.0. The van der Waals surface area contributed by atoms with Gasteiger partial charge in [-0.2, -0.15) is 10.1 Å². The minimum absolute atomic E-state index is 0.113. The Morgan fingerprint density at radius 3 is 2.84 bits per heavy atom. The van der Waals surface area contributed by atoms with Gasteiger partial charge in [0.05, 0.1) is 49.1 Å². The van der Waals surface area contributed by atoms with Crippen LogP contribution < -0.4 is 10.1 Å². The molecule has 1 fully saturated rings. The zero-order valence-corrected chi connectivity index (χ0v) is 17.3. The number of aryl methyl sites for hydroxylation is 1. The zero-order valence-electron chi connectivity index (χ0n) is 16.6. The Labute approximate surface area is 186 Å². The predicted molar refractivity (Wildman–Crippen MR) is 115 cm³/mol. The predicted octanol–water partition coefficient (Wildman–Crippen LogP) is 1.51. The molecule has 1 N–H and O–H groups in total. The molecule has 12 heteroatoms. The molecule has 0 spiro atoms. The fraction of sp³-hybridized carbons (Fsp3) is 0.316. The monoisotopic (exact) mass is 434 g/mol. The topological polar surface area (TPSA) is 77.8 Å².